The number of carboxylic acid groups (broad SMARTS) is 1. The van der Waals surface area contributed by atoms with Gasteiger partial charge in [0.25, 0.3) is 0 Å². The Labute approximate surface area is 144 Å². The maximum atomic E-state index is 12.7. The summed E-state index contributed by atoms with van der Waals surface area (Å²) in [6, 6.07) is 0.624. The third-order valence-corrected chi connectivity index (χ3v) is 6.21. The largest absolute Gasteiger partial charge is 0.481 e. The Balaban J connectivity index is 0.00000192. The number of carboxylic acids is 1. The zero-order chi connectivity index (χ0) is 15.9. The lowest BCUT2D eigenvalue weighted by Gasteiger charge is -2.40. The van der Waals surface area contributed by atoms with E-state index >= 15 is 0 Å². The molecular weight excluding hydrogens is 316 g/mol. The summed E-state index contributed by atoms with van der Waals surface area (Å²) in [5.41, 5.74) is -0.584. The van der Waals surface area contributed by atoms with E-state index in [1.54, 1.807) is 0 Å². The minimum atomic E-state index is -0.662. The first-order valence-electron chi connectivity index (χ1n) is 8.71. The van der Waals surface area contributed by atoms with Crippen molar-refractivity contribution in [3.05, 3.63) is 0 Å². The molecule has 6 heteroatoms. The molecule has 132 valence electrons. The zero-order valence-electron chi connectivity index (χ0n) is 14.2. The zero-order valence-corrected chi connectivity index (χ0v) is 15.0. The summed E-state index contributed by atoms with van der Waals surface area (Å²) < 4.78 is 0. The molecule has 3 rings (SSSR count). The number of halogens is 1. The Morgan fingerprint density at radius 2 is 1.78 bits per heavy atom. The second-order valence-corrected chi connectivity index (χ2v) is 7.65. The van der Waals surface area contributed by atoms with Gasteiger partial charge in [-0.15, -0.1) is 12.4 Å². The highest BCUT2D eigenvalue weighted by Gasteiger charge is 2.55. The number of nitrogens with zero attached hydrogens (tertiary/aromatic N) is 2. The second-order valence-electron chi connectivity index (χ2n) is 7.65. The molecule has 3 aliphatic rings. The van der Waals surface area contributed by atoms with E-state index in [1.165, 1.54) is 6.42 Å². The molecule has 23 heavy (non-hydrogen) atoms. The van der Waals surface area contributed by atoms with Crippen molar-refractivity contribution in [3.8, 4) is 0 Å². The summed E-state index contributed by atoms with van der Waals surface area (Å²) in [5, 5.41) is 9.64. The number of piperidine rings is 1. The van der Waals surface area contributed by atoms with Crippen LogP contribution in [0.25, 0.3) is 0 Å². The average Bonchev–Trinajstić information content (AvgIpc) is 2.95. The molecule has 2 aliphatic heterocycles. The van der Waals surface area contributed by atoms with Crippen molar-refractivity contribution in [2.75, 3.05) is 19.6 Å². The Morgan fingerprint density at radius 1 is 1.13 bits per heavy atom. The fourth-order valence-corrected chi connectivity index (χ4v) is 5.05. The summed E-state index contributed by atoms with van der Waals surface area (Å²) >= 11 is 0. The van der Waals surface area contributed by atoms with Crippen molar-refractivity contribution in [2.45, 2.75) is 64.5 Å². The van der Waals surface area contributed by atoms with Gasteiger partial charge in [-0.05, 0) is 51.9 Å². The van der Waals surface area contributed by atoms with Gasteiger partial charge in [0, 0.05) is 25.2 Å². The summed E-state index contributed by atoms with van der Waals surface area (Å²) in [7, 11) is 0. The predicted molar refractivity (Wildman–Crippen MR) is 90.7 cm³/mol. The van der Waals surface area contributed by atoms with Crippen LogP contribution in [-0.2, 0) is 9.59 Å². The Hall–Kier alpha value is -0.810. The molecular formula is C17H29ClN2O3. The number of carbonyl (C=O) groups is 2. The highest BCUT2D eigenvalue weighted by molar-refractivity contribution is 5.85. The third kappa shape index (κ3) is 3.22. The number of likely N-dealkylation sites (tertiary alicyclic amines) is 2. The van der Waals surface area contributed by atoms with Crippen LogP contribution in [0.5, 0.6) is 0 Å². The maximum absolute atomic E-state index is 12.7. The topological polar surface area (TPSA) is 60.9 Å². The minimum Gasteiger partial charge on any atom is -0.481 e. The third-order valence-electron chi connectivity index (χ3n) is 6.21. The standard InChI is InChI=1S/C17H28N2O3.ClH/c1-12-5-3-6-13(2)19(12)15(20)10-18-9-14-7-4-8-17(14,11-18)16(21)22;/h12-14H,3-11H2,1-2H3,(H,21,22);1H/t12?,13?,14-,17+;/m0./s1. The molecule has 2 saturated heterocycles. The van der Waals surface area contributed by atoms with E-state index in [0.717, 1.165) is 38.6 Å². The lowest BCUT2D eigenvalue weighted by atomic mass is 9.81. The fraction of sp³-hybridized carbons (Fsp3) is 0.882. The smallest absolute Gasteiger partial charge is 0.311 e. The van der Waals surface area contributed by atoms with E-state index in [2.05, 4.69) is 18.7 Å². The SMILES string of the molecule is CC1CCCC(C)N1C(=O)CN1C[C@@H]2CCC[C@@]2(C(=O)O)C1.Cl. The number of carbonyl (C=O) groups excluding carboxylic acids is 1. The molecule has 2 unspecified atom stereocenters. The number of hydrogen-bond acceptors (Lipinski definition) is 3. The first-order chi connectivity index (χ1) is 10.4. The highest BCUT2D eigenvalue weighted by atomic mass is 35.5. The number of fused-ring (bicyclic) bond motifs is 1. The summed E-state index contributed by atoms with van der Waals surface area (Å²) in [6.07, 6.45) is 6.14. The molecule has 4 atom stereocenters. The molecule has 2 heterocycles. The van der Waals surface area contributed by atoms with Crippen LogP contribution in [0.4, 0.5) is 0 Å². The first-order valence-corrected chi connectivity index (χ1v) is 8.71. The van der Waals surface area contributed by atoms with E-state index in [1.807, 2.05) is 4.90 Å². The van der Waals surface area contributed by atoms with Crippen molar-refractivity contribution in [2.24, 2.45) is 11.3 Å². The Kier molecular flexibility index (Phi) is 5.62. The molecule has 1 aliphatic carbocycles. The molecule has 0 radical (unpaired) electrons. The number of hydrogen-bond donors (Lipinski definition) is 1. The number of amides is 1. The molecule has 1 saturated carbocycles. The van der Waals surface area contributed by atoms with Gasteiger partial charge in [0.2, 0.25) is 5.91 Å². The van der Waals surface area contributed by atoms with Crippen LogP contribution in [0, 0.1) is 11.3 Å². The monoisotopic (exact) mass is 344 g/mol. The average molecular weight is 345 g/mol. The van der Waals surface area contributed by atoms with Crippen molar-refractivity contribution in [3.63, 3.8) is 0 Å². The lowest BCUT2D eigenvalue weighted by molar-refractivity contribution is -0.150. The van der Waals surface area contributed by atoms with E-state index < -0.39 is 11.4 Å². The van der Waals surface area contributed by atoms with Gasteiger partial charge in [0.05, 0.1) is 12.0 Å². The lowest BCUT2D eigenvalue weighted by Crippen LogP contribution is -2.51. The van der Waals surface area contributed by atoms with Gasteiger partial charge in [-0.2, -0.15) is 0 Å². The van der Waals surface area contributed by atoms with Gasteiger partial charge in [-0.3, -0.25) is 14.5 Å². The molecule has 0 spiro atoms. The maximum Gasteiger partial charge on any atom is 0.311 e. The highest BCUT2D eigenvalue weighted by Crippen LogP contribution is 2.48. The molecule has 0 bridgehead atoms. The Morgan fingerprint density at radius 3 is 2.35 bits per heavy atom. The van der Waals surface area contributed by atoms with Gasteiger partial charge in [-0.25, -0.2) is 0 Å². The second kappa shape index (κ2) is 6.98. The molecule has 5 nitrogen and oxygen atoms in total. The Bertz CT molecular complexity index is 463. The summed E-state index contributed by atoms with van der Waals surface area (Å²) in [6.45, 7) is 5.97. The van der Waals surface area contributed by atoms with Crippen LogP contribution >= 0.6 is 12.4 Å². The molecule has 1 amide bonds. The van der Waals surface area contributed by atoms with Crippen LogP contribution in [0.3, 0.4) is 0 Å². The molecule has 1 N–H and O–H groups in total. The fourth-order valence-electron chi connectivity index (χ4n) is 5.05. The van der Waals surface area contributed by atoms with Crippen LogP contribution in [-0.4, -0.2) is 58.5 Å². The van der Waals surface area contributed by atoms with Crippen LogP contribution in [0.15, 0.2) is 0 Å². The number of aliphatic carboxylic acids is 1. The van der Waals surface area contributed by atoms with Crippen LogP contribution in [0.2, 0.25) is 0 Å². The van der Waals surface area contributed by atoms with Gasteiger partial charge in [0.1, 0.15) is 0 Å². The van der Waals surface area contributed by atoms with Crippen molar-refractivity contribution in [1.29, 1.82) is 0 Å². The first kappa shape index (κ1) is 18.5. The van der Waals surface area contributed by atoms with Gasteiger partial charge < -0.3 is 10.0 Å². The van der Waals surface area contributed by atoms with E-state index in [4.69, 9.17) is 0 Å². The van der Waals surface area contributed by atoms with Crippen molar-refractivity contribution < 1.29 is 14.7 Å². The molecule has 0 aromatic rings. The normalized spacial score (nSPS) is 37.3. The van der Waals surface area contributed by atoms with Crippen LogP contribution < -0.4 is 0 Å². The minimum absolute atomic E-state index is 0. The summed E-state index contributed by atoms with van der Waals surface area (Å²) in [5.74, 6) is -0.251. The van der Waals surface area contributed by atoms with Gasteiger partial charge in [0.15, 0.2) is 0 Å². The van der Waals surface area contributed by atoms with Gasteiger partial charge in [-0.1, -0.05) is 6.42 Å². The van der Waals surface area contributed by atoms with E-state index in [0.29, 0.717) is 25.2 Å². The summed E-state index contributed by atoms with van der Waals surface area (Å²) in [4.78, 5) is 28.6. The molecule has 0 aromatic carbocycles. The number of rotatable bonds is 3. The predicted octanol–water partition coefficient (Wildman–Crippen LogP) is 2.38. The molecule has 3 fully saturated rings. The van der Waals surface area contributed by atoms with E-state index in [-0.39, 0.29) is 24.2 Å². The van der Waals surface area contributed by atoms with E-state index in [9.17, 15) is 14.7 Å². The molecule has 0 aromatic heterocycles. The quantitative estimate of drug-likeness (QED) is 0.854. The van der Waals surface area contributed by atoms with Crippen molar-refractivity contribution >= 4 is 24.3 Å². The van der Waals surface area contributed by atoms with Crippen molar-refractivity contribution in [1.82, 2.24) is 9.80 Å². The van der Waals surface area contributed by atoms with Crippen LogP contribution in [0.1, 0.15) is 52.4 Å². The van der Waals surface area contributed by atoms with Gasteiger partial charge >= 0.3 is 5.97 Å².